The third-order valence-electron chi connectivity index (χ3n) is 3.87. The van der Waals surface area contributed by atoms with Crippen LogP contribution in [-0.4, -0.2) is 36.9 Å². The molecule has 0 aromatic heterocycles. The first kappa shape index (κ1) is 19.7. The molecule has 0 bridgehead atoms. The molecule has 7 heteroatoms. The number of carbonyl (C=O) groups is 2. The minimum atomic E-state index is -3.54. The zero-order valence-corrected chi connectivity index (χ0v) is 15.3. The van der Waals surface area contributed by atoms with Crippen LogP contribution in [-0.2, 0) is 21.1 Å². The number of aryl methyl sites for hydroxylation is 2. The Morgan fingerprint density at radius 3 is 2.42 bits per heavy atom. The van der Waals surface area contributed by atoms with Crippen molar-refractivity contribution >= 4 is 27.4 Å². The van der Waals surface area contributed by atoms with Gasteiger partial charge in [0.05, 0.1) is 11.3 Å². The van der Waals surface area contributed by atoms with Crippen LogP contribution in [0.1, 0.15) is 27.9 Å². The second-order valence-corrected chi connectivity index (χ2v) is 8.25. The Balaban J connectivity index is 1.92. The second-order valence-electron chi connectivity index (χ2n) is 6.06. The van der Waals surface area contributed by atoms with Crippen LogP contribution in [0, 0.1) is 6.92 Å². The number of nitrogens with one attached hydrogen (secondary N) is 1. The summed E-state index contributed by atoms with van der Waals surface area (Å²) in [5.41, 5.74) is 2.03. The van der Waals surface area contributed by atoms with Crippen molar-refractivity contribution in [1.82, 2.24) is 0 Å². The first-order valence-corrected chi connectivity index (χ1v) is 9.97. The molecule has 2 aromatic rings. The topological polar surface area (TPSA) is 101 Å². The van der Waals surface area contributed by atoms with Crippen LogP contribution in [0.2, 0.25) is 0 Å². The summed E-state index contributed by atoms with van der Waals surface area (Å²) in [5.74, 6) is -2.49. The van der Waals surface area contributed by atoms with E-state index in [-0.39, 0.29) is 11.3 Å². The van der Waals surface area contributed by atoms with Gasteiger partial charge in [0.15, 0.2) is 9.84 Å². The van der Waals surface area contributed by atoms with Crippen LogP contribution in [0.4, 0.5) is 5.69 Å². The zero-order valence-electron chi connectivity index (χ0n) is 14.4. The van der Waals surface area contributed by atoms with E-state index >= 15 is 0 Å². The molecule has 0 heterocycles. The van der Waals surface area contributed by atoms with Crippen LogP contribution < -0.4 is 5.32 Å². The van der Waals surface area contributed by atoms with Crippen LogP contribution in [0.5, 0.6) is 0 Å². The van der Waals surface area contributed by atoms with Gasteiger partial charge in [-0.2, -0.15) is 0 Å². The van der Waals surface area contributed by atoms with Crippen molar-refractivity contribution in [3.8, 4) is 0 Å². The maximum Gasteiger partial charge on any atom is 0.335 e. The van der Waals surface area contributed by atoms with Gasteiger partial charge in [-0.3, -0.25) is 4.79 Å². The number of amides is 1. The number of sulfone groups is 1. The highest BCUT2D eigenvalue weighted by molar-refractivity contribution is 7.92. The summed E-state index contributed by atoms with van der Waals surface area (Å²) in [5, 5.41) is 11.5. The van der Waals surface area contributed by atoms with Gasteiger partial charge in [0.25, 0.3) is 0 Å². The van der Waals surface area contributed by atoms with Crippen LogP contribution in [0.3, 0.4) is 0 Å². The second kappa shape index (κ2) is 8.62. The molecular weight excluding hydrogens is 354 g/mol. The lowest BCUT2D eigenvalue weighted by Gasteiger charge is -2.10. The van der Waals surface area contributed by atoms with E-state index in [0.717, 1.165) is 5.56 Å². The Hall–Kier alpha value is -2.67. The monoisotopic (exact) mass is 375 g/mol. The Bertz CT molecular complexity index is 891. The Labute approximate surface area is 152 Å². The summed E-state index contributed by atoms with van der Waals surface area (Å²) in [4.78, 5) is 23.1. The zero-order chi connectivity index (χ0) is 19.2. The maximum absolute atomic E-state index is 12.1. The van der Waals surface area contributed by atoms with Crippen LogP contribution in [0.15, 0.2) is 48.5 Å². The number of benzene rings is 2. The number of hydrogen-bond acceptors (Lipinski definition) is 4. The summed E-state index contributed by atoms with van der Waals surface area (Å²) >= 11 is 0. The molecule has 0 aliphatic rings. The molecule has 0 unspecified atom stereocenters. The highest BCUT2D eigenvalue weighted by Gasteiger charge is 2.17. The van der Waals surface area contributed by atoms with Crippen molar-refractivity contribution in [3.05, 3.63) is 65.2 Å². The standard InChI is InChI=1S/C19H21NO5S/c1-14-9-10-16(19(22)23)12-17(14)20-18(21)13-26(24,25)11-5-8-15-6-3-2-4-7-15/h2-4,6-7,9-10,12H,5,8,11,13H2,1H3,(H,20,21)(H,22,23). The lowest BCUT2D eigenvalue weighted by Crippen LogP contribution is -2.25. The molecule has 6 nitrogen and oxygen atoms in total. The highest BCUT2D eigenvalue weighted by Crippen LogP contribution is 2.17. The largest absolute Gasteiger partial charge is 0.478 e. The van der Waals surface area contributed by atoms with Crippen molar-refractivity contribution in [2.45, 2.75) is 19.8 Å². The van der Waals surface area contributed by atoms with Crippen LogP contribution in [0.25, 0.3) is 0 Å². The van der Waals surface area contributed by atoms with Gasteiger partial charge in [-0.05, 0) is 43.0 Å². The van der Waals surface area contributed by atoms with E-state index in [1.54, 1.807) is 13.0 Å². The molecule has 0 saturated heterocycles. The van der Waals surface area contributed by atoms with Gasteiger partial charge in [-0.25, -0.2) is 13.2 Å². The SMILES string of the molecule is Cc1ccc(C(=O)O)cc1NC(=O)CS(=O)(=O)CCCc1ccccc1. The summed E-state index contributed by atoms with van der Waals surface area (Å²) in [6.45, 7) is 1.70. The molecule has 0 aliphatic carbocycles. The van der Waals surface area contributed by atoms with Gasteiger partial charge in [0, 0.05) is 5.69 Å². The van der Waals surface area contributed by atoms with Crippen molar-refractivity contribution < 1.29 is 23.1 Å². The minimum Gasteiger partial charge on any atom is -0.478 e. The van der Waals surface area contributed by atoms with Gasteiger partial charge in [0.1, 0.15) is 5.75 Å². The van der Waals surface area contributed by atoms with Crippen molar-refractivity contribution in [2.24, 2.45) is 0 Å². The fraction of sp³-hybridized carbons (Fsp3) is 0.263. The minimum absolute atomic E-state index is 0.0246. The first-order valence-electron chi connectivity index (χ1n) is 8.15. The Morgan fingerprint density at radius 2 is 1.77 bits per heavy atom. The van der Waals surface area contributed by atoms with Gasteiger partial charge in [-0.1, -0.05) is 36.4 Å². The van der Waals surface area contributed by atoms with Gasteiger partial charge in [-0.15, -0.1) is 0 Å². The number of carboxylic acid groups (broad SMARTS) is 1. The number of carbonyl (C=O) groups excluding carboxylic acids is 1. The maximum atomic E-state index is 12.1. The number of hydrogen-bond donors (Lipinski definition) is 2. The number of anilines is 1. The van der Waals surface area contributed by atoms with E-state index in [2.05, 4.69) is 5.32 Å². The van der Waals surface area contributed by atoms with Crippen molar-refractivity contribution in [1.29, 1.82) is 0 Å². The summed E-state index contributed by atoms with van der Waals surface area (Å²) in [7, 11) is -3.54. The third-order valence-corrected chi connectivity index (χ3v) is 5.49. The average Bonchev–Trinajstić information content (AvgIpc) is 2.57. The quantitative estimate of drug-likeness (QED) is 0.739. The third kappa shape index (κ3) is 6.00. The molecule has 0 aliphatic heterocycles. The fourth-order valence-electron chi connectivity index (χ4n) is 2.49. The highest BCUT2D eigenvalue weighted by atomic mass is 32.2. The van der Waals surface area contributed by atoms with E-state index in [4.69, 9.17) is 5.11 Å². The van der Waals surface area contributed by atoms with E-state index in [1.807, 2.05) is 30.3 Å². The fourth-order valence-corrected chi connectivity index (χ4v) is 3.69. The molecule has 0 spiro atoms. The lowest BCUT2D eigenvalue weighted by atomic mass is 10.1. The average molecular weight is 375 g/mol. The molecule has 2 rings (SSSR count). The Kier molecular flexibility index (Phi) is 6.52. The molecule has 138 valence electrons. The Morgan fingerprint density at radius 1 is 1.08 bits per heavy atom. The van der Waals surface area contributed by atoms with E-state index in [1.165, 1.54) is 12.1 Å². The predicted octanol–water partition coefficient (Wildman–Crippen LogP) is 2.68. The predicted molar refractivity (Wildman–Crippen MR) is 100 cm³/mol. The number of rotatable bonds is 8. The summed E-state index contributed by atoms with van der Waals surface area (Å²) in [6.07, 6.45) is 1.06. The van der Waals surface area contributed by atoms with Crippen LogP contribution >= 0.6 is 0 Å². The number of aromatic carboxylic acids is 1. The number of carboxylic acids is 1. The van der Waals surface area contributed by atoms with Gasteiger partial charge >= 0.3 is 5.97 Å². The summed E-state index contributed by atoms with van der Waals surface area (Å²) < 4.78 is 24.3. The summed E-state index contributed by atoms with van der Waals surface area (Å²) in [6, 6.07) is 13.8. The van der Waals surface area contributed by atoms with E-state index in [0.29, 0.717) is 24.1 Å². The molecule has 0 radical (unpaired) electrons. The molecule has 26 heavy (non-hydrogen) atoms. The normalized spacial score (nSPS) is 11.1. The molecular formula is C19H21NO5S. The molecule has 2 aromatic carbocycles. The first-order chi connectivity index (χ1) is 12.3. The molecule has 0 fully saturated rings. The van der Waals surface area contributed by atoms with Crippen molar-refractivity contribution in [3.63, 3.8) is 0 Å². The van der Waals surface area contributed by atoms with E-state index < -0.39 is 27.5 Å². The van der Waals surface area contributed by atoms with E-state index in [9.17, 15) is 18.0 Å². The molecule has 1 amide bonds. The van der Waals surface area contributed by atoms with Crippen molar-refractivity contribution in [2.75, 3.05) is 16.8 Å². The van der Waals surface area contributed by atoms with Gasteiger partial charge in [0.2, 0.25) is 5.91 Å². The molecule has 2 N–H and O–H groups in total. The molecule has 0 atom stereocenters. The van der Waals surface area contributed by atoms with Gasteiger partial charge < -0.3 is 10.4 Å². The lowest BCUT2D eigenvalue weighted by molar-refractivity contribution is -0.113. The smallest absolute Gasteiger partial charge is 0.335 e. The molecule has 0 saturated carbocycles.